The van der Waals surface area contributed by atoms with Gasteiger partial charge in [-0.15, -0.1) is 11.3 Å². The summed E-state index contributed by atoms with van der Waals surface area (Å²) in [4.78, 5) is 32.8. The van der Waals surface area contributed by atoms with Gasteiger partial charge in [0.05, 0.1) is 27.0 Å². The number of nitrogens with zero attached hydrogens (tertiary/aromatic N) is 3. The summed E-state index contributed by atoms with van der Waals surface area (Å²) in [5, 5.41) is 3.69. The van der Waals surface area contributed by atoms with Crippen LogP contribution in [0, 0.1) is 5.92 Å². The van der Waals surface area contributed by atoms with Crippen molar-refractivity contribution in [2.75, 3.05) is 11.9 Å². The van der Waals surface area contributed by atoms with Gasteiger partial charge in [0.25, 0.3) is 5.91 Å². The average Bonchev–Trinajstić information content (AvgIpc) is 3.15. The number of amides is 2. The third-order valence-corrected chi connectivity index (χ3v) is 6.81. The van der Waals surface area contributed by atoms with Crippen LogP contribution in [0.4, 0.5) is 5.00 Å². The summed E-state index contributed by atoms with van der Waals surface area (Å²) in [6, 6.07) is 11.8. The van der Waals surface area contributed by atoms with Crippen LogP contribution in [0.2, 0.25) is 0 Å². The number of hydrogen-bond acceptors (Lipinski definition) is 4. The molecule has 0 spiro atoms. The second kappa shape index (κ2) is 7.30. The highest BCUT2D eigenvalue weighted by Gasteiger charge is 2.35. The molecule has 150 valence electrons. The fourth-order valence-corrected chi connectivity index (χ4v) is 5.05. The number of para-hydroxylation sites is 2. The van der Waals surface area contributed by atoms with Gasteiger partial charge in [0, 0.05) is 19.0 Å². The smallest absolute Gasteiger partial charge is 0.264 e. The molecule has 5 rings (SSSR count). The molecule has 2 amide bonds. The van der Waals surface area contributed by atoms with Crippen molar-refractivity contribution in [3.63, 3.8) is 0 Å². The number of aromatic nitrogens is 2. The second-order valence-electron chi connectivity index (χ2n) is 7.79. The molecule has 1 saturated heterocycles. The minimum absolute atomic E-state index is 0.0125. The number of rotatable bonds is 5. The molecule has 2 fully saturated rings. The number of carbonyl (C=O) groups is 2. The van der Waals surface area contributed by atoms with Crippen LogP contribution in [-0.2, 0) is 11.3 Å². The van der Waals surface area contributed by atoms with E-state index in [-0.39, 0.29) is 23.8 Å². The standard InChI is InChI=1S/C22H24N4O2S/c1-2-25-16-7-4-3-6-15(16)23-20(25)17-8-5-13-26(17)22(28)18-11-12-19(29-18)24-21(27)14-9-10-14/h3-4,6-7,11-12,14,17H,2,5,8-10,13H2,1H3,(H,24,27). The highest BCUT2D eigenvalue weighted by Crippen LogP contribution is 2.36. The van der Waals surface area contributed by atoms with E-state index < -0.39 is 0 Å². The first-order chi connectivity index (χ1) is 14.2. The Morgan fingerprint density at radius 1 is 1.17 bits per heavy atom. The van der Waals surface area contributed by atoms with E-state index in [0.29, 0.717) is 4.88 Å². The van der Waals surface area contributed by atoms with Crippen LogP contribution in [-0.4, -0.2) is 32.8 Å². The van der Waals surface area contributed by atoms with E-state index in [0.717, 1.165) is 60.6 Å². The van der Waals surface area contributed by atoms with E-state index in [1.54, 1.807) is 0 Å². The van der Waals surface area contributed by atoms with Crippen LogP contribution in [0.3, 0.4) is 0 Å². The Morgan fingerprint density at radius 2 is 2.00 bits per heavy atom. The molecule has 7 heteroatoms. The Hall–Kier alpha value is -2.67. The molecular weight excluding hydrogens is 384 g/mol. The number of imidazole rings is 1. The Labute approximate surface area is 173 Å². The molecule has 0 radical (unpaired) electrons. The van der Waals surface area contributed by atoms with Crippen LogP contribution < -0.4 is 5.32 Å². The minimum Gasteiger partial charge on any atom is -0.328 e. The molecular formula is C22H24N4O2S. The molecule has 6 nitrogen and oxygen atoms in total. The van der Waals surface area contributed by atoms with Crippen molar-refractivity contribution in [3.05, 3.63) is 47.1 Å². The van der Waals surface area contributed by atoms with Crippen LogP contribution >= 0.6 is 11.3 Å². The first kappa shape index (κ1) is 18.4. The van der Waals surface area contributed by atoms with Crippen molar-refractivity contribution in [3.8, 4) is 0 Å². The fourth-order valence-electron chi connectivity index (χ4n) is 4.19. The number of aryl methyl sites for hydroxylation is 1. The molecule has 1 aliphatic heterocycles. The highest BCUT2D eigenvalue weighted by atomic mass is 32.1. The Morgan fingerprint density at radius 3 is 2.79 bits per heavy atom. The number of hydrogen-bond donors (Lipinski definition) is 1. The predicted molar refractivity (Wildman–Crippen MR) is 114 cm³/mol. The first-order valence-electron chi connectivity index (χ1n) is 10.3. The zero-order valence-corrected chi connectivity index (χ0v) is 17.2. The van der Waals surface area contributed by atoms with Crippen LogP contribution in [0.1, 0.15) is 54.1 Å². The minimum atomic E-state index is -0.0125. The van der Waals surface area contributed by atoms with Gasteiger partial charge in [-0.05, 0) is 56.9 Å². The van der Waals surface area contributed by atoms with Gasteiger partial charge in [-0.2, -0.15) is 0 Å². The third-order valence-electron chi connectivity index (χ3n) is 5.82. The van der Waals surface area contributed by atoms with E-state index in [1.165, 1.54) is 11.3 Å². The molecule has 3 heterocycles. The highest BCUT2D eigenvalue weighted by molar-refractivity contribution is 7.18. The van der Waals surface area contributed by atoms with Crippen molar-refractivity contribution in [2.45, 2.75) is 45.2 Å². The maximum Gasteiger partial charge on any atom is 0.264 e. The van der Waals surface area contributed by atoms with Crippen molar-refractivity contribution in [1.29, 1.82) is 0 Å². The van der Waals surface area contributed by atoms with Crippen LogP contribution in [0.25, 0.3) is 11.0 Å². The molecule has 1 N–H and O–H groups in total. The number of anilines is 1. The van der Waals surface area contributed by atoms with Gasteiger partial charge >= 0.3 is 0 Å². The zero-order chi connectivity index (χ0) is 20.0. The molecule has 1 aliphatic carbocycles. The van der Waals surface area contributed by atoms with Gasteiger partial charge in [-0.1, -0.05) is 12.1 Å². The van der Waals surface area contributed by atoms with Gasteiger partial charge in [0.15, 0.2) is 0 Å². The Bertz CT molecular complexity index is 1080. The molecule has 1 saturated carbocycles. The summed E-state index contributed by atoms with van der Waals surface area (Å²) in [5.74, 6) is 1.22. The van der Waals surface area contributed by atoms with E-state index in [4.69, 9.17) is 4.98 Å². The van der Waals surface area contributed by atoms with Crippen LogP contribution in [0.15, 0.2) is 36.4 Å². The largest absolute Gasteiger partial charge is 0.328 e. The van der Waals surface area contributed by atoms with E-state index in [1.807, 2.05) is 35.2 Å². The maximum absolute atomic E-state index is 13.3. The summed E-state index contributed by atoms with van der Waals surface area (Å²) in [5.41, 5.74) is 2.09. The van der Waals surface area contributed by atoms with Crippen molar-refractivity contribution in [1.82, 2.24) is 14.5 Å². The molecule has 1 aromatic carbocycles. The van der Waals surface area contributed by atoms with Gasteiger partial charge in [-0.3, -0.25) is 9.59 Å². The first-order valence-corrected chi connectivity index (χ1v) is 11.1. The fraction of sp³-hybridized carbons (Fsp3) is 0.409. The Kier molecular flexibility index (Phi) is 4.62. The number of benzene rings is 1. The summed E-state index contributed by atoms with van der Waals surface area (Å²) in [7, 11) is 0. The number of nitrogens with one attached hydrogen (secondary N) is 1. The number of fused-ring (bicyclic) bond motifs is 1. The van der Waals surface area contributed by atoms with Gasteiger partial charge in [-0.25, -0.2) is 4.98 Å². The quantitative estimate of drug-likeness (QED) is 0.678. The zero-order valence-electron chi connectivity index (χ0n) is 16.4. The third kappa shape index (κ3) is 3.33. The van der Waals surface area contributed by atoms with Gasteiger partial charge in [0.2, 0.25) is 5.91 Å². The number of thiophene rings is 1. The lowest BCUT2D eigenvalue weighted by atomic mass is 10.2. The average molecular weight is 409 g/mol. The van der Waals surface area contributed by atoms with Gasteiger partial charge < -0.3 is 14.8 Å². The second-order valence-corrected chi connectivity index (χ2v) is 8.87. The lowest BCUT2D eigenvalue weighted by Crippen LogP contribution is -2.31. The van der Waals surface area contributed by atoms with Crippen LogP contribution in [0.5, 0.6) is 0 Å². The predicted octanol–water partition coefficient (Wildman–Crippen LogP) is 4.44. The molecule has 0 bridgehead atoms. The SMILES string of the molecule is CCn1c(C2CCCN2C(=O)c2ccc(NC(=O)C3CC3)s2)nc2ccccc21. The van der Waals surface area contributed by atoms with Crippen molar-refractivity contribution < 1.29 is 9.59 Å². The van der Waals surface area contributed by atoms with E-state index in [2.05, 4.69) is 22.9 Å². The molecule has 2 aromatic heterocycles. The van der Waals surface area contributed by atoms with Gasteiger partial charge in [0.1, 0.15) is 5.82 Å². The molecule has 1 atom stereocenters. The summed E-state index contributed by atoms with van der Waals surface area (Å²) >= 11 is 1.36. The number of carbonyl (C=O) groups excluding carboxylic acids is 2. The van der Waals surface area contributed by atoms with Crippen molar-refractivity contribution in [2.24, 2.45) is 5.92 Å². The molecule has 1 unspecified atom stereocenters. The topological polar surface area (TPSA) is 67.2 Å². The lowest BCUT2D eigenvalue weighted by Gasteiger charge is -2.24. The Balaban J connectivity index is 1.40. The summed E-state index contributed by atoms with van der Waals surface area (Å²) in [6.07, 6.45) is 3.83. The monoisotopic (exact) mass is 408 g/mol. The van der Waals surface area contributed by atoms with E-state index in [9.17, 15) is 9.59 Å². The van der Waals surface area contributed by atoms with Crippen molar-refractivity contribution >= 4 is 39.2 Å². The molecule has 3 aromatic rings. The summed E-state index contributed by atoms with van der Waals surface area (Å²) < 4.78 is 2.22. The normalized spacial score (nSPS) is 19.1. The lowest BCUT2D eigenvalue weighted by molar-refractivity contribution is -0.117. The summed E-state index contributed by atoms with van der Waals surface area (Å²) in [6.45, 7) is 3.68. The molecule has 29 heavy (non-hydrogen) atoms. The maximum atomic E-state index is 13.3. The number of likely N-dealkylation sites (tertiary alicyclic amines) is 1. The van der Waals surface area contributed by atoms with E-state index >= 15 is 0 Å². The molecule has 2 aliphatic rings.